The summed E-state index contributed by atoms with van der Waals surface area (Å²) in [6.07, 6.45) is 1.70. The van der Waals surface area contributed by atoms with Crippen molar-refractivity contribution in [2.75, 3.05) is 5.73 Å². The van der Waals surface area contributed by atoms with Gasteiger partial charge in [-0.25, -0.2) is 4.98 Å². The van der Waals surface area contributed by atoms with Crippen LogP contribution in [0, 0.1) is 0 Å². The number of amides is 1. The monoisotopic (exact) mass is 249 g/mol. The predicted octanol–water partition coefficient (Wildman–Crippen LogP) is 1.01. The lowest BCUT2D eigenvalue weighted by Gasteiger charge is -2.10. The van der Waals surface area contributed by atoms with Crippen molar-refractivity contribution in [2.24, 2.45) is 0 Å². The molecule has 0 saturated carbocycles. The Morgan fingerprint density at radius 2 is 2.29 bits per heavy atom. The van der Waals surface area contributed by atoms with E-state index in [0.29, 0.717) is 0 Å². The Morgan fingerprint density at radius 1 is 1.47 bits per heavy atom. The van der Waals surface area contributed by atoms with Crippen LogP contribution in [0.3, 0.4) is 0 Å². The van der Waals surface area contributed by atoms with Gasteiger partial charge in [0.25, 0.3) is 5.91 Å². The van der Waals surface area contributed by atoms with Gasteiger partial charge in [0, 0.05) is 11.6 Å². The summed E-state index contributed by atoms with van der Waals surface area (Å²) in [6.45, 7) is 1.86. The smallest absolute Gasteiger partial charge is 0.272 e. The molecule has 0 spiro atoms. The number of rotatable bonds is 3. The summed E-state index contributed by atoms with van der Waals surface area (Å²) in [5.41, 5.74) is 5.63. The van der Waals surface area contributed by atoms with E-state index in [1.165, 1.54) is 23.5 Å². The fraction of sp³-hybridized carbons (Fsp3) is 0.200. The van der Waals surface area contributed by atoms with E-state index in [2.05, 4.69) is 20.5 Å². The average Bonchev–Trinajstić information content (AvgIpc) is 2.83. The topological polar surface area (TPSA) is 93.8 Å². The minimum Gasteiger partial charge on any atom is -0.382 e. The van der Waals surface area contributed by atoms with Crippen LogP contribution in [-0.4, -0.2) is 21.1 Å². The molecule has 3 N–H and O–H groups in total. The van der Waals surface area contributed by atoms with Crippen LogP contribution < -0.4 is 11.1 Å². The van der Waals surface area contributed by atoms with Crippen molar-refractivity contribution in [3.05, 3.63) is 34.4 Å². The average molecular weight is 249 g/mol. The van der Waals surface area contributed by atoms with Gasteiger partial charge < -0.3 is 11.1 Å². The van der Waals surface area contributed by atoms with Crippen molar-refractivity contribution < 1.29 is 4.79 Å². The number of nitrogens with one attached hydrogen (secondary N) is 1. The van der Waals surface area contributed by atoms with E-state index in [9.17, 15) is 4.79 Å². The molecule has 0 aromatic carbocycles. The highest BCUT2D eigenvalue weighted by atomic mass is 32.1. The van der Waals surface area contributed by atoms with E-state index < -0.39 is 0 Å². The number of aromatic nitrogens is 3. The first-order valence-corrected chi connectivity index (χ1v) is 5.84. The molecule has 0 saturated heterocycles. The molecule has 0 bridgehead atoms. The Bertz CT molecular complexity index is 496. The first-order valence-electron chi connectivity index (χ1n) is 4.96. The number of nitrogens with zero attached hydrogens (tertiary/aromatic N) is 3. The van der Waals surface area contributed by atoms with Gasteiger partial charge in [-0.1, -0.05) is 0 Å². The van der Waals surface area contributed by atoms with E-state index in [-0.39, 0.29) is 23.5 Å². The Kier molecular flexibility index (Phi) is 3.29. The fourth-order valence-corrected chi connectivity index (χ4v) is 1.89. The molecule has 17 heavy (non-hydrogen) atoms. The van der Waals surface area contributed by atoms with Crippen molar-refractivity contribution in [1.82, 2.24) is 20.5 Å². The highest BCUT2D eigenvalue weighted by Crippen LogP contribution is 2.14. The molecule has 2 aromatic rings. The number of thiazole rings is 1. The van der Waals surface area contributed by atoms with Crippen LogP contribution in [-0.2, 0) is 0 Å². The quantitative estimate of drug-likeness (QED) is 0.846. The van der Waals surface area contributed by atoms with Crippen LogP contribution in [0.25, 0.3) is 0 Å². The third kappa shape index (κ3) is 2.76. The number of hydrogen-bond acceptors (Lipinski definition) is 6. The van der Waals surface area contributed by atoms with Crippen molar-refractivity contribution in [2.45, 2.75) is 13.0 Å². The van der Waals surface area contributed by atoms with E-state index in [4.69, 9.17) is 5.73 Å². The van der Waals surface area contributed by atoms with Gasteiger partial charge in [0.1, 0.15) is 10.8 Å². The third-order valence-electron chi connectivity index (χ3n) is 2.09. The second-order valence-corrected chi connectivity index (χ2v) is 4.34. The van der Waals surface area contributed by atoms with Gasteiger partial charge in [-0.15, -0.1) is 21.5 Å². The Morgan fingerprint density at radius 3 is 2.88 bits per heavy atom. The Labute approximate surface area is 102 Å². The molecule has 88 valence electrons. The molecule has 0 radical (unpaired) electrons. The maximum atomic E-state index is 11.8. The van der Waals surface area contributed by atoms with E-state index in [1.54, 1.807) is 6.20 Å². The zero-order chi connectivity index (χ0) is 12.3. The van der Waals surface area contributed by atoms with Gasteiger partial charge >= 0.3 is 0 Å². The summed E-state index contributed by atoms with van der Waals surface area (Å²) in [5.74, 6) is -0.00489. The molecule has 6 nitrogen and oxygen atoms in total. The third-order valence-corrected chi connectivity index (χ3v) is 3.05. The number of carbonyl (C=O) groups is 1. The molecule has 0 aliphatic carbocycles. The van der Waals surface area contributed by atoms with E-state index in [1.807, 2.05) is 12.3 Å². The SMILES string of the molecule is CC(NC(=O)c1ccc(N)nn1)c1nccs1. The van der Waals surface area contributed by atoms with E-state index in [0.717, 1.165) is 5.01 Å². The summed E-state index contributed by atoms with van der Waals surface area (Å²) < 4.78 is 0. The maximum absolute atomic E-state index is 11.8. The molecular formula is C10H11N5OS. The minimum absolute atomic E-state index is 0.151. The number of nitrogens with two attached hydrogens (primary N) is 1. The van der Waals surface area contributed by atoms with Crippen molar-refractivity contribution in [3.8, 4) is 0 Å². The highest BCUT2D eigenvalue weighted by Gasteiger charge is 2.14. The van der Waals surface area contributed by atoms with Crippen LogP contribution in [0.15, 0.2) is 23.7 Å². The molecule has 2 rings (SSSR count). The largest absolute Gasteiger partial charge is 0.382 e. The molecule has 2 aromatic heterocycles. The highest BCUT2D eigenvalue weighted by molar-refractivity contribution is 7.09. The second kappa shape index (κ2) is 4.88. The number of carbonyl (C=O) groups excluding carboxylic acids is 1. The van der Waals surface area contributed by atoms with Gasteiger partial charge in [0.2, 0.25) is 0 Å². The predicted molar refractivity (Wildman–Crippen MR) is 64.4 cm³/mol. The van der Waals surface area contributed by atoms with Crippen LogP contribution in [0.1, 0.15) is 28.5 Å². The zero-order valence-electron chi connectivity index (χ0n) is 9.12. The number of nitrogen functional groups attached to an aromatic ring is 1. The summed E-state index contributed by atoms with van der Waals surface area (Å²) in [4.78, 5) is 15.9. The fourth-order valence-electron chi connectivity index (χ4n) is 1.24. The van der Waals surface area contributed by atoms with Gasteiger partial charge in [0.05, 0.1) is 6.04 Å². The summed E-state index contributed by atoms with van der Waals surface area (Å²) in [6, 6.07) is 2.92. The molecule has 0 aliphatic heterocycles. The first kappa shape index (κ1) is 11.5. The maximum Gasteiger partial charge on any atom is 0.272 e. The molecular weight excluding hydrogens is 238 g/mol. The normalized spacial score (nSPS) is 12.1. The van der Waals surface area contributed by atoms with Crippen LogP contribution in [0.5, 0.6) is 0 Å². The molecule has 0 fully saturated rings. The number of hydrogen-bond donors (Lipinski definition) is 2. The van der Waals surface area contributed by atoms with Gasteiger partial charge in [-0.3, -0.25) is 4.79 Å². The van der Waals surface area contributed by atoms with Gasteiger partial charge in [0.15, 0.2) is 5.69 Å². The number of anilines is 1. The molecule has 1 amide bonds. The molecule has 2 heterocycles. The first-order chi connectivity index (χ1) is 8.16. The Hall–Kier alpha value is -2.02. The standard InChI is InChI=1S/C10H11N5OS/c1-6(10-12-4-5-17-10)13-9(16)7-2-3-8(11)15-14-7/h2-6H,1H3,(H2,11,15)(H,13,16). The molecule has 1 unspecified atom stereocenters. The molecule has 0 aliphatic rings. The summed E-state index contributed by atoms with van der Waals surface area (Å²) in [7, 11) is 0. The lowest BCUT2D eigenvalue weighted by Crippen LogP contribution is -2.27. The molecule has 7 heteroatoms. The minimum atomic E-state index is -0.291. The lowest BCUT2D eigenvalue weighted by atomic mass is 10.3. The lowest BCUT2D eigenvalue weighted by molar-refractivity contribution is 0.0934. The van der Waals surface area contributed by atoms with Crippen LogP contribution >= 0.6 is 11.3 Å². The summed E-state index contributed by atoms with van der Waals surface area (Å²) in [5, 5.41) is 12.8. The second-order valence-electron chi connectivity index (χ2n) is 3.41. The van der Waals surface area contributed by atoms with Crippen molar-refractivity contribution in [1.29, 1.82) is 0 Å². The Balaban J connectivity index is 2.04. The van der Waals surface area contributed by atoms with E-state index >= 15 is 0 Å². The van der Waals surface area contributed by atoms with Crippen molar-refractivity contribution >= 4 is 23.1 Å². The van der Waals surface area contributed by atoms with Crippen molar-refractivity contribution in [3.63, 3.8) is 0 Å². The van der Waals surface area contributed by atoms with Crippen LogP contribution in [0.2, 0.25) is 0 Å². The van der Waals surface area contributed by atoms with Gasteiger partial charge in [-0.2, -0.15) is 0 Å². The molecule has 1 atom stereocenters. The summed E-state index contributed by atoms with van der Waals surface area (Å²) >= 11 is 1.49. The van der Waals surface area contributed by atoms with Gasteiger partial charge in [-0.05, 0) is 19.1 Å². The zero-order valence-corrected chi connectivity index (χ0v) is 9.94. The van der Waals surface area contributed by atoms with Crippen LogP contribution in [0.4, 0.5) is 5.82 Å².